The van der Waals surface area contributed by atoms with Crippen molar-refractivity contribution in [3.63, 3.8) is 0 Å². The molecule has 0 fully saturated rings. The Kier molecular flexibility index (Phi) is 16.1. The molecular formula is C24H45AlO3. The number of hydrogen-bond donors (Lipinski definition) is 0. The van der Waals surface area contributed by atoms with Gasteiger partial charge in [0.15, 0.2) is 0 Å². The quantitative estimate of drug-likeness (QED) is 0.245. The summed E-state index contributed by atoms with van der Waals surface area (Å²) in [5.74, 6) is -0.300. The SMILES string of the molecule is CCCCC(CC)[C](=O)[Al]([C](=O)C(CC)CCCC)[C](=O)C(CC)CCCC. The van der Waals surface area contributed by atoms with E-state index in [2.05, 4.69) is 20.8 Å². The lowest BCUT2D eigenvalue weighted by atomic mass is 10.00. The molecule has 0 spiro atoms. The van der Waals surface area contributed by atoms with Gasteiger partial charge in [-0.15, -0.1) is 0 Å². The van der Waals surface area contributed by atoms with Crippen molar-refractivity contribution in [2.75, 3.05) is 0 Å². The minimum atomic E-state index is -2.79. The van der Waals surface area contributed by atoms with Crippen molar-refractivity contribution in [3.8, 4) is 0 Å². The Morgan fingerprint density at radius 2 is 0.786 bits per heavy atom. The van der Waals surface area contributed by atoms with Crippen molar-refractivity contribution in [2.45, 2.75) is 119 Å². The van der Waals surface area contributed by atoms with Crippen molar-refractivity contribution in [3.05, 3.63) is 0 Å². The molecule has 0 heterocycles. The van der Waals surface area contributed by atoms with E-state index in [0.29, 0.717) is 0 Å². The van der Waals surface area contributed by atoms with Gasteiger partial charge in [-0.3, -0.25) is 0 Å². The van der Waals surface area contributed by atoms with Gasteiger partial charge >= 0.3 is 14.1 Å². The van der Waals surface area contributed by atoms with Crippen LogP contribution in [-0.4, -0.2) is 28.1 Å². The average molecular weight is 409 g/mol. The summed E-state index contributed by atoms with van der Waals surface area (Å²) in [5, 5.41) is 0. The standard InChI is InChI=1S/3C8H15O.Al/c3*1-3-5-6-8(4-2)7-9;/h3*8H,3-6H2,1-2H3;. The third kappa shape index (κ3) is 8.91. The van der Waals surface area contributed by atoms with Gasteiger partial charge in [0.1, 0.15) is 0 Å². The molecule has 3 unspecified atom stereocenters. The first kappa shape index (κ1) is 27.5. The number of rotatable bonds is 18. The largest absolute Gasteiger partial charge is 0.549 e. The zero-order valence-corrected chi connectivity index (χ0v) is 20.7. The number of hydrogen-bond acceptors (Lipinski definition) is 3. The maximum Gasteiger partial charge on any atom is 0.549 e. The zero-order valence-electron chi connectivity index (χ0n) is 19.5. The Hall–Kier alpha value is -0.458. The summed E-state index contributed by atoms with van der Waals surface area (Å²) in [7, 11) is 0. The van der Waals surface area contributed by atoms with Crippen LogP contribution in [0.4, 0.5) is 0 Å². The van der Waals surface area contributed by atoms with Crippen LogP contribution >= 0.6 is 0 Å². The van der Waals surface area contributed by atoms with Crippen molar-refractivity contribution in [1.82, 2.24) is 0 Å². The molecular weight excluding hydrogens is 363 g/mol. The molecule has 0 aliphatic rings. The second-order valence-electron chi connectivity index (χ2n) is 8.38. The van der Waals surface area contributed by atoms with Gasteiger partial charge in [0.2, 0.25) is 0 Å². The Balaban J connectivity index is 5.75. The van der Waals surface area contributed by atoms with Gasteiger partial charge in [0.25, 0.3) is 0 Å². The fourth-order valence-corrected chi connectivity index (χ4v) is 7.58. The summed E-state index contributed by atoms with van der Waals surface area (Å²) in [6.07, 6.45) is 10.8. The highest BCUT2D eigenvalue weighted by Crippen LogP contribution is 2.24. The Labute approximate surface area is 178 Å². The van der Waals surface area contributed by atoms with Crippen LogP contribution in [0.5, 0.6) is 0 Å². The fraction of sp³-hybridized carbons (Fsp3) is 0.875. The molecule has 0 amide bonds. The van der Waals surface area contributed by atoms with E-state index in [0.717, 1.165) is 77.0 Å². The highest BCUT2D eigenvalue weighted by Gasteiger charge is 2.49. The van der Waals surface area contributed by atoms with Gasteiger partial charge in [-0.25, -0.2) is 0 Å². The van der Waals surface area contributed by atoms with Crippen LogP contribution in [0.25, 0.3) is 0 Å². The second kappa shape index (κ2) is 16.4. The minimum absolute atomic E-state index is 0.0517. The highest BCUT2D eigenvalue weighted by molar-refractivity contribution is 7.28. The van der Waals surface area contributed by atoms with Gasteiger partial charge in [0, 0.05) is 17.8 Å². The predicted octanol–water partition coefficient (Wildman–Crippen LogP) is 6.46. The Morgan fingerprint density at radius 1 is 0.536 bits per heavy atom. The number of carbonyl (C=O) groups excluding carboxylic acids is 3. The third-order valence-corrected chi connectivity index (χ3v) is 9.38. The molecule has 0 aromatic heterocycles. The van der Waals surface area contributed by atoms with Crippen molar-refractivity contribution >= 4 is 28.1 Å². The molecule has 162 valence electrons. The molecule has 0 N–H and O–H groups in total. The molecule has 4 heteroatoms. The number of unbranched alkanes of at least 4 members (excludes halogenated alkanes) is 3. The summed E-state index contributed by atoms with van der Waals surface area (Å²) in [5.41, 5.74) is 0. The molecule has 0 bridgehead atoms. The maximum atomic E-state index is 13.5. The van der Waals surface area contributed by atoms with E-state index >= 15 is 0 Å². The van der Waals surface area contributed by atoms with E-state index in [1.807, 2.05) is 20.8 Å². The first-order chi connectivity index (χ1) is 13.4. The first-order valence-corrected chi connectivity index (χ1v) is 13.8. The van der Waals surface area contributed by atoms with Crippen LogP contribution in [0.15, 0.2) is 0 Å². The van der Waals surface area contributed by atoms with Gasteiger partial charge in [-0.05, 0) is 38.5 Å². The molecule has 0 radical (unpaired) electrons. The van der Waals surface area contributed by atoms with E-state index in [4.69, 9.17) is 0 Å². The minimum Gasteiger partial charge on any atom is -0.319 e. The summed E-state index contributed by atoms with van der Waals surface area (Å²) in [6, 6.07) is 0. The average Bonchev–Trinajstić information content (AvgIpc) is 2.70. The topological polar surface area (TPSA) is 51.2 Å². The van der Waals surface area contributed by atoms with Gasteiger partial charge in [-0.2, -0.15) is 0 Å². The zero-order chi connectivity index (χ0) is 21.5. The predicted molar refractivity (Wildman–Crippen MR) is 121 cm³/mol. The number of carbonyl (C=O) groups is 3. The molecule has 28 heavy (non-hydrogen) atoms. The van der Waals surface area contributed by atoms with E-state index in [1.165, 1.54) is 0 Å². The van der Waals surface area contributed by atoms with Gasteiger partial charge in [-0.1, -0.05) is 80.1 Å². The normalized spacial score (nSPS) is 14.4. The summed E-state index contributed by atoms with van der Waals surface area (Å²) in [4.78, 5) is 40.4. The van der Waals surface area contributed by atoms with Crippen LogP contribution in [-0.2, 0) is 14.4 Å². The van der Waals surface area contributed by atoms with Crippen LogP contribution < -0.4 is 0 Å². The molecule has 0 aliphatic carbocycles. The van der Waals surface area contributed by atoms with Gasteiger partial charge < -0.3 is 14.4 Å². The van der Waals surface area contributed by atoms with E-state index in [-0.39, 0.29) is 31.7 Å². The van der Waals surface area contributed by atoms with Crippen LogP contribution in [0, 0.1) is 17.8 Å². The lowest BCUT2D eigenvalue weighted by molar-refractivity contribution is -0.123. The third-order valence-electron chi connectivity index (χ3n) is 6.26. The molecule has 0 rings (SSSR count). The lowest BCUT2D eigenvalue weighted by Crippen LogP contribution is -2.51. The van der Waals surface area contributed by atoms with E-state index in [1.54, 1.807) is 0 Å². The molecule has 0 aromatic carbocycles. The molecule has 0 aromatic rings. The first-order valence-electron chi connectivity index (χ1n) is 12.0. The van der Waals surface area contributed by atoms with Gasteiger partial charge in [0.05, 0.1) is 13.9 Å². The summed E-state index contributed by atoms with van der Waals surface area (Å²) in [6.45, 7) is 12.5. The monoisotopic (exact) mass is 408 g/mol. The molecule has 0 saturated heterocycles. The summed E-state index contributed by atoms with van der Waals surface area (Å²) < 4.78 is 0.155. The lowest BCUT2D eigenvalue weighted by Gasteiger charge is -2.24. The van der Waals surface area contributed by atoms with Crippen LogP contribution in [0.2, 0.25) is 0 Å². The molecule has 3 nitrogen and oxygen atoms in total. The second-order valence-corrected chi connectivity index (χ2v) is 11.0. The summed E-state index contributed by atoms with van der Waals surface area (Å²) >= 11 is -2.79. The van der Waals surface area contributed by atoms with Crippen molar-refractivity contribution in [2.24, 2.45) is 17.8 Å². The molecule has 0 saturated carbocycles. The maximum absolute atomic E-state index is 13.5. The van der Waals surface area contributed by atoms with E-state index < -0.39 is 14.1 Å². The smallest absolute Gasteiger partial charge is 0.319 e. The molecule has 3 atom stereocenters. The highest BCUT2D eigenvalue weighted by atomic mass is 27.2. The van der Waals surface area contributed by atoms with Crippen LogP contribution in [0.1, 0.15) is 119 Å². The Morgan fingerprint density at radius 3 is 0.964 bits per heavy atom. The van der Waals surface area contributed by atoms with Crippen molar-refractivity contribution < 1.29 is 14.4 Å². The van der Waals surface area contributed by atoms with Crippen molar-refractivity contribution in [1.29, 1.82) is 0 Å². The molecule has 0 aliphatic heterocycles. The van der Waals surface area contributed by atoms with Crippen LogP contribution in [0.3, 0.4) is 0 Å². The Bertz CT molecular complexity index is 394. The van der Waals surface area contributed by atoms with E-state index in [9.17, 15) is 14.4 Å². The fourth-order valence-electron chi connectivity index (χ4n) is 4.12.